The Balaban J connectivity index is 1.71. The molecule has 0 saturated carbocycles. The van der Waals surface area contributed by atoms with Crippen molar-refractivity contribution in [3.63, 3.8) is 0 Å². The summed E-state index contributed by atoms with van der Waals surface area (Å²) in [5.41, 5.74) is 3.52. The van der Waals surface area contributed by atoms with Gasteiger partial charge in [0.15, 0.2) is 0 Å². The molecule has 0 bridgehead atoms. The third kappa shape index (κ3) is 8.50. The summed E-state index contributed by atoms with van der Waals surface area (Å²) in [6.45, 7) is 3.25. The quantitative estimate of drug-likeness (QED) is 0.184. The number of fused-ring (bicyclic) bond motifs is 1. The summed E-state index contributed by atoms with van der Waals surface area (Å²) in [6.07, 6.45) is -1.01. The van der Waals surface area contributed by atoms with Gasteiger partial charge >= 0.3 is 12.1 Å². The van der Waals surface area contributed by atoms with Crippen LogP contribution in [0.3, 0.4) is 0 Å². The maximum atomic E-state index is 14.4. The first kappa shape index (κ1) is 31.9. The summed E-state index contributed by atoms with van der Waals surface area (Å²) < 4.78 is 43.3. The smallest absolute Gasteiger partial charge is 0.394 e. The molecule has 0 spiro atoms. The Kier molecular flexibility index (Phi) is 10.3. The number of hydrogen-bond donors (Lipinski definition) is 2. The molecule has 1 amide bonds. The van der Waals surface area contributed by atoms with E-state index in [1.165, 1.54) is 19.2 Å². The Labute approximate surface area is 254 Å². The van der Waals surface area contributed by atoms with Crippen molar-refractivity contribution in [3.05, 3.63) is 76.3 Å². The Bertz CT molecular complexity index is 1460. The van der Waals surface area contributed by atoms with E-state index in [9.17, 15) is 18.4 Å². The average Bonchev–Trinajstić information content (AvgIpc) is 3.36. The lowest BCUT2D eigenvalue weighted by molar-refractivity contribution is -0.158. The number of carboxylic acids is 1. The first-order valence-electron chi connectivity index (χ1n) is 14.1. The summed E-state index contributed by atoms with van der Waals surface area (Å²) >= 11 is 6.34. The van der Waals surface area contributed by atoms with Crippen LogP contribution in [0.25, 0.3) is 0 Å². The van der Waals surface area contributed by atoms with E-state index in [2.05, 4.69) is 5.32 Å². The summed E-state index contributed by atoms with van der Waals surface area (Å²) in [7, 11) is 1.51. The lowest BCUT2D eigenvalue weighted by atomic mass is 9.95. The highest BCUT2D eigenvalue weighted by Crippen LogP contribution is 2.38. The first-order valence-corrected chi connectivity index (χ1v) is 14.4. The van der Waals surface area contributed by atoms with Crippen molar-refractivity contribution >= 4 is 34.9 Å². The molecule has 11 heteroatoms. The van der Waals surface area contributed by atoms with E-state index < -0.39 is 18.1 Å². The van der Waals surface area contributed by atoms with Gasteiger partial charge < -0.3 is 29.5 Å². The fraction of sp³-hybridized carbons (Fsp3) is 0.375. The lowest BCUT2D eigenvalue weighted by Crippen LogP contribution is -2.37. The van der Waals surface area contributed by atoms with Crippen LogP contribution in [0.1, 0.15) is 55.8 Å². The molecular formula is C32H35ClF2N2O6. The Morgan fingerprint density at radius 2 is 1.86 bits per heavy atom. The number of methoxy groups -OCH3 is 1. The Morgan fingerprint density at radius 3 is 2.56 bits per heavy atom. The number of halogens is 3. The number of alkyl halides is 2. The molecule has 0 aliphatic carbocycles. The van der Waals surface area contributed by atoms with Crippen molar-refractivity contribution in [3.8, 4) is 17.2 Å². The number of aliphatic carboxylic acids is 1. The molecule has 1 atom stereocenters. The molecule has 0 aromatic heterocycles. The van der Waals surface area contributed by atoms with E-state index in [-0.39, 0.29) is 24.7 Å². The van der Waals surface area contributed by atoms with Gasteiger partial charge in [0.25, 0.3) is 5.91 Å². The van der Waals surface area contributed by atoms with Gasteiger partial charge in [-0.3, -0.25) is 9.59 Å². The summed E-state index contributed by atoms with van der Waals surface area (Å²) in [6, 6.07) is 14.3. The summed E-state index contributed by atoms with van der Waals surface area (Å²) in [5.74, 6) is -0.314. The van der Waals surface area contributed by atoms with Crippen molar-refractivity contribution in [1.29, 1.82) is 0 Å². The molecule has 3 aromatic carbocycles. The second-order valence-corrected chi connectivity index (χ2v) is 10.8. The van der Waals surface area contributed by atoms with Gasteiger partial charge in [0.05, 0.1) is 19.4 Å². The van der Waals surface area contributed by atoms with E-state index in [0.29, 0.717) is 60.6 Å². The molecular weight excluding hydrogens is 582 g/mol. The van der Waals surface area contributed by atoms with E-state index in [1.807, 2.05) is 19.1 Å². The van der Waals surface area contributed by atoms with Crippen molar-refractivity contribution in [1.82, 2.24) is 0 Å². The number of amides is 1. The van der Waals surface area contributed by atoms with Gasteiger partial charge in [-0.2, -0.15) is 8.78 Å². The number of rotatable bonds is 14. The molecule has 230 valence electrons. The molecule has 43 heavy (non-hydrogen) atoms. The number of carbonyl (C=O) groups excluding carboxylic acids is 1. The van der Waals surface area contributed by atoms with E-state index in [0.717, 1.165) is 23.1 Å². The SMILES string of the molecule is CCCc1cc(Cl)ccc1C(Nc1cc(OC)cc(OCCCC(=O)O)c1)C(=O)N1CCc2ccc(OC(C)(F)F)cc21. The van der Waals surface area contributed by atoms with Gasteiger partial charge in [0, 0.05) is 54.9 Å². The van der Waals surface area contributed by atoms with Crippen LogP contribution < -0.4 is 24.4 Å². The first-order chi connectivity index (χ1) is 20.5. The molecule has 0 fully saturated rings. The predicted molar refractivity (Wildman–Crippen MR) is 161 cm³/mol. The van der Waals surface area contributed by atoms with Crippen molar-refractivity contribution in [2.75, 3.05) is 30.5 Å². The zero-order valence-corrected chi connectivity index (χ0v) is 25.0. The number of carboxylic acid groups (broad SMARTS) is 1. The highest BCUT2D eigenvalue weighted by molar-refractivity contribution is 6.30. The average molecular weight is 617 g/mol. The largest absolute Gasteiger partial charge is 0.497 e. The minimum Gasteiger partial charge on any atom is -0.497 e. The third-order valence-corrected chi connectivity index (χ3v) is 7.16. The summed E-state index contributed by atoms with van der Waals surface area (Å²) in [5, 5.41) is 12.8. The van der Waals surface area contributed by atoms with Crippen LogP contribution in [0.4, 0.5) is 20.2 Å². The van der Waals surface area contributed by atoms with Crippen LogP contribution in [0.15, 0.2) is 54.6 Å². The molecule has 8 nitrogen and oxygen atoms in total. The van der Waals surface area contributed by atoms with Gasteiger partial charge in [-0.05, 0) is 54.2 Å². The second kappa shape index (κ2) is 13.9. The molecule has 1 unspecified atom stereocenters. The molecule has 1 aliphatic rings. The number of carbonyl (C=O) groups is 2. The van der Waals surface area contributed by atoms with Gasteiger partial charge in [-0.15, -0.1) is 0 Å². The van der Waals surface area contributed by atoms with E-state index >= 15 is 0 Å². The van der Waals surface area contributed by atoms with Crippen LogP contribution in [-0.2, 0) is 22.4 Å². The van der Waals surface area contributed by atoms with Crippen LogP contribution in [-0.4, -0.2) is 43.4 Å². The zero-order chi connectivity index (χ0) is 31.1. The van der Waals surface area contributed by atoms with E-state index in [4.69, 9.17) is 30.9 Å². The molecule has 4 rings (SSSR count). The summed E-state index contributed by atoms with van der Waals surface area (Å²) in [4.78, 5) is 26.8. The van der Waals surface area contributed by atoms with Crippen molar-refractivity contribution in [2.45, 2.75) is 58.1 Å². The maximum Gasteiger partial charge on any atom is 0.394 e. The molecule has 2 N–H and O–H groups in total. The number of anilines is 2. The number of ether oxygens (including phenoxy) is 3. The predicted octanol–water partition coefficient (Wildman–Crippen LogP) is 7.28. The van der Waals surface area contributed by atoms with Crippen LogP contribution >= 0.6 is 11.6 Å². The van der Waals surface area contributed by atoms with Crippen molar-refractivity contribution < 1.29 is 37.7 Å². The molecule has 1 aliphatic heterocycles. The maximum absolute atomic E-state index is 14.4. The van der Waals surface area contributed by atoms with Crippen molar-refractivity contribution in [2.24, 2.45) is 0 Å². The number of nitrogens with zero attached hydrogens (tertiary/aromatic N) is 1. The third-order valence-electron chi connectivity index (χ3n) is 6.93. The fourth-order valence-electron chi connectivity index (χ4n) is 5.06. The Morgan fingerprint density at radius 1 is 1.09 bits per heavy atom. The molecule has 0 radical (unpaired) electrons. The van der Waals surface area contributed by atoms with Crippen LogP contribution in [0.2, 0.25) is 5.02 Å². The van der Waals surface area contributed by atoms with Crippen LogP contribution in [0, 0.1) is 0 Å². The highest BCUT2D eigenvalue weighted by Gasteiger charge is 2.34. The number of benzene rings is 3. The topological polar surface area (TPSA) is 97.3 Å². The normalized spacial score (nSPS) is 13.3. The Hall–Kier alpha value is -4.05. The number of nitrogens with one attached hydrogen (secondary N) is 1. The standard InChI is InChI=1S/C32H35ClF2N2O6/c1-4-6-21-15-22(33)9-11-27(21)30(36-23-16-25(41-3)18-26(17-23)42-14-5-7-29(38)39)31(40)37-13-12-20-8-10-24(19-28(20)37)43-32(2,34)35/h8-11,15-19,30,36H,4-7,12-14H2,1-3H3,(H,38,39). The lowest BCUT2D eigenvalue weighted by Gasteiger charge is -2.28. The fourth-order valence-corrected chi connectivity index (χ4v) is 5.26. The monoisotopic (exact) mass is 616 g/mol. The molecule has 1 heterocycles. The highest BCUT2D eigenvalue weighted by atomic mass is 35.5. The molecule has 0 saturated heterocycles. The van der Waals surface area contributed by atoms with Gasteiger partial charge in [-0.25, -0.2) is 0 Å². The minimum absolute atomic E-state index is 0.0254. The minimum atomic E-state index is -3.37. The van der Waals surface area contributed by atoms with Gasteiger partial charge in [0.1, 0.15) is 23.3 Å². The van der Waals surface area contributed by atoms with Crippen LogP contribution in [0.5, 0.6) is 17.2 Å². The van der Waals surface area contributed by atoms with Gasteiger partial charge in [-0.1, -0.05) is 37.1 Å². The molecule has 3 aromatic rings. The zero-order valence-electron chi connectivity index (χ0n) is 24.3. The number of aryl methyl sites for hydroxylation is 1. The van der Waals surface area contributed by atoms with Gasteiger partial charge in [0.2, 0.25) is 0 Å². The van der Waals surface area contributed by atoms with E-state index in [1.54, 1.807) is 35.2 Å². The number of hydrogen-bond acceptors (Lipinski definition) is 6. The second-order valence-electron chi connectivity index (χ2n) is 10.4.